The van der Waals surface area contributed by atoms with Crippen molar-refractivity contribution in [1.29, 1.82) is 0 Å². The lowest BCUT2D eigenvalue weighted by Gasteiger charge is -2.30. The Balaban J connectivity index is 0.000000250. The van der Waals surface area contributed by atoms with Crippen LogP contribution in [0.5, 0.6) is 0 Å². The van der Waals surface area contributed by atoms with E-state index < -0.39 is 5.60 Å². The largest absolute Gasteiger partial charge is 0.444 e. The van der Waals surface area contributed by atoms with E-state index in [1.807, 2.05) is 32.9 Å². The molecular formula is C57H80N4O4. The van der Waals surface area contributed by atoms with Gasteiger partial charge in [0.05, 0.1) is 0 Å². The zero-order chi connectivity index (χ0) is 46.1. The van der Waals surface area contributed by atoms with Crippen LogP contribution in [0.3, 0.4) is 0 Å². The molecule has 0 bridgehead atoms. The number of carbonyl (C=O) groups is 3. The van der Waals surface area contributed by atoms with Crippen molar-refractivity contribution in [3.63, 3.8) is 0 Å². The second kappa shape index (κ2) is 28.2. The van der Waals surface area contributed by atoms with Gasteiger partial charge in [-0.25, -0.2) is 4.79 Å². The quantitative estimate of drug-likeness (QED) is 0.0664. The van der Waals surface area contributed by atoms with Crippen molar-refractivity contribution in [2.45, 2.75) is 179 Å². The molecule has 0 aromatic heterocycles. The Kier molecular flexibility index (Phi) is 22.1. The molecule has 6 rings (SSSR count). The Labute approximate surface area is 391 Å². The van der Waals surface area contributed by atoms with Gasteiger partial charge in [0.15, 0.2) is 0 Å². The minimum atomic E-state index is -0.503. The van der Waals surface area contributed by atoms with Crippen molar-refractivity contribution in [1.82, 2.24) is 16.0 Å². The molecule has 0 heterocycles. The van der Waals surface area contributed by atoms with Gasteiger partial charge in [0, 0.05) is 36.0 Å². The van der Waals surface area contributed by atoms with Crippen molar-refractivity contribution < 1.29 is 19.1 Å². The second-order valence-corrected chi connectivity index (χ2v) is 19.7. The van der Waals surface area contributed by atoms with Gasteiger partial charge in [-0.1, -0.05) is 121 Å². The molecule has 8 heteroatoms. The van der Waals surface area contributed by atoms with Gasteiger partial charge in [-0.15, -0.1) is 0 Å². The predicted molar refractivity (Wildman–Crippen MR) is 266 cm³/mol. The highest BCUT2D eigenvalue weighted by molar-refractivity contribution is 5.79. The number of hydrogen-bond donors (Lipinski definition) is 4. The molecule has 65 heavy (non-hydrogen) atoms. The van der Waals surface area contributed by atoms with Gasteiger partial charge in [-0.2, -0.15) is 0 Å². The van der Waals surface area contributed by atoms with Crippen LogP contribution in [0.25, 0.3) is 0 Å². The maximum atomic E-state index is 13.2. The molecule has 0 saturated heterocycles. The summed E-state index contributed by atoms with van der Waals surface area (Å²) in [6, 6.07) is 43.2. The summed E-state index contributed by atoms with van der Waals surface area (Å²) in [7, 11) is 0. The normalized spacial score (nSPS) is 18.6. The number of amides is 3. The SMILES string of the molecule is CC(C)(C)OC(=O)NC1CCC(C(=O)NC(CCCc2ccccc2)CCCc2ccccc2)CC1.NC1CCC(C(=O)NC(CCCc2ccccc2)CCCc2ccccc2)CC1. The summed E-state index contributed by atoms with van der Waals surface area (Å²) in [4.78, 5) is 38.1. The number of alkyl carbamates (subject to hydrolysis) is 1. The average molecular weight is 885 g/mol. The first-order valence-electron chi connectivity index (χ1n) is 25.0. The summed E-state index contributed by atoms with van der Waals surface area (Å²) < 4.78 is 5.38. The van der Waals surface area contributed by atoms with Crippen LogP contribution < -0.4 is 21.7 Å². The number of aryl methyl sites for hydroxylation is 4. The third kappa shape index (κ3) is 20.8. The van der Waals surface area contributed by atoms with E-state index >= 15 is 0 Å². The standard InChI is InChI=1S/C31H44N2O3.C26H36N2O/c1-31(2,3)36-30(35)33-28-22-20-26(21-23-28)29(34)32-27(18-10-16-24-12-6-4-7-13-24)19-11-17-25-14-8-5-9-15-25;27-24-19-17-23(18-20-24)26(29)28-25(15-7-13-21-9-3-1-4-10-21)16-8-14-22-11-5-2-6-12-22/h4-9,12-15,26-28H,10-11,16-23H2,1-3H3,(H,32,34)(H,33,35);1-6,9-12,23-25H,7-8,13-20,27H2,(H,28,29). The first-order chi connectivity index (χ1) is 31.5. The Morgan fingerprint density at radius 2 is 0.815 bits per heavy atom. The molecular weight excluding hydrogens is 805 g/mol. The molecule has 0 atom stereocenters. The number of nitrogens with one attached hydrogen (secondary N) is 3. The van der Waals surface area contributed by atoms with Gasteiger partial charge in [-0.3, -0.25) is 9.59 Å². The van der Waals surface area contributed by atoms with E-state index in [1.54, 1.807) is 0 Å². The molecule has 4 aromatic rings. The van der Waals surface area contributed by atoms with Gasteiger partial charge in [0.25, 0.3) is 0 Å². The fraction of sp³-hybridized carbons (Fsp3) is 0.526. The molecule has 2 aliphatic rings. The van der Waals surface area contributed by atoms with Crippen molar-refractivity contribution in [3.05, 3.63) is 144 Å². The summed E-state index contributed by atoms with van der Waals surface area (Å²) >= 11 is 0. The molecule has 2 fully saturated rings. The minimum Gasteiger partial charge on any atom is -0.444 e. The summed E-state index contributed by atoms with van der Waals surface area (Å²) in [6.07, 6.45) is 19.3. The van der Waals surface area contributed by atoms with Crippen LogP contribution in [-0.2, 0) is 40.0 Å². The molecule has 2 aliphatic carbocycles. The smallest absolute Gasteiger partial charge is 0.407 e. The minimum absolute atomic E-state index is 0.0208. The molecule has 4 aromatic carbocycles. The third-order valence-corrected chi connectivity index (χ3v) is 13.1. The number of carbonyl (C=O) groups excluding carboxylic acids is 3. The van der Waals surface area contributed by atoms with Crippen molar-refractivity contribution >= 4 is 17.9 Å². The highest BCUT2D eigenvalue weighted by atomic mass is 16.6. The Hall–Kier alpha value is -4.95. The summed E-state index contributed by atoms with van der Waals surface area (Å²) in [5.74, 6) is 0.601. The van der Waals surface area contributed by atoms with Gasteiger partial charge >= 0.3 is 6.09 Å². The first-order valence-corrected chi connectivity index (χ1v) is 25.0. The van der Waals surface area contributed by atoms with Crippen LogP contribution in [-0.4, -0.2) is 47.7 Å². The maximum Gasteiger partial charge on any atom is 0.407 e. The van der Waals surface area contributed by atoms with E-state index in [9.17, 15) is 14.4 Å². The van der Waals surface area contributed by atoms with Crippen LogP contribution in [0.4, 0.5) is 4.79 Å². The molecule has 0 spiro atoms. The zero-order valence-corrected chi connectivity index (χ0v) is 39.9. The summed E-state index contributed by atoms with van der Waals surface area (Å²) in [5.41, 5.74) is 11.0. The molecule has 0 unspecified atom stereocenters. The van der Waals surface area contributed by atoms with Crippen LogP contribution in [0.2, 0.25) is 0 Å². The molecule has 352 valence electrons. The van der Waals surface area contributed by atoms with E-state index in [2.05, 4.69) is 125 Å². The highest BCUT2D eigenvalue weighted by Crippen LogP contribution is 2.27. The molecule has 3 amide bonds. The Morgan fingerprint density at radius 3 is 1.12 bits per heavy atom. The van der Waals surface area contributed by atoms with Gasteiger partial charge in [0.2, 0.25) is 11.8 Å². The fourth-order valence-corrected chi connectivity index (χ4v) is 9.36. The zero-order valence-electron chi connectivity index (χ0n) is 39.9. The molecule has 8 nitrogen and oxygen atoms in total. The van der Waals surface area contributed by atoms with Crippen LogP contribution in [0, 0.1) is 11.8 Å². The lowest BCUT2D eigenvalue weighted by atomic mass is 9.85. The summed E-state index contributed by atoms with van der Waals surface area (Å²) in [5, 5.41) is 9.76. The monoisotopic (exact) mass is 885 g/mol. The van der Waals surface area contributed by atoms with Crippen molar-refractivity contribution in [3.8, 4) is 0 Å². The van der Waals surface area contributed by atoms with E-state index in [0.29, 0.717) is 0 Å². The number of nitrogens with two attached hydrogens (primary N) is 1. The van der Waals surface area contributed by atoms with Crippen LogP contribution in [0.15, 0.2) is 121 Å². The first kappa shape index (κ1) is 51.0. The van der Waals surface area contributed by atoms with Gasteiger partial charge in [-0.05, 0) is 171 Å². The van der Waals surface area contributed by atoms with E-state index in [0.717, 1.165) is 128 Å². The number of ether oxygens (including phenoxy) is 1. The van der Waals surface area contributed by atoms with Gasteiger partial charge < -0.3 is 26.4 Å². The van der Waals surface area contributed by atoms with E-state index in [4.69, 9.17) is 10.5 Å². The number of rotatable bonds is 21. The Morgan fingerprint density at radius 1 is 0.508 bits per heavy atom. The van der Waals surface area contributed by atoms with Crippen molar-refractivity contribution in [2.75, 3.05) is 0 Å². The average Bonchev–Trinajstić information content (AvgIpc) is 3.30. The lowest BCUT2D eigenvalue weighted by Crippen LogP contribution is -2.44. The van der Waals surface area contributed by atoms with E-state index in [1.165, 1.54) is 22.3 Å². The van der Waals surface area contributed by atoms with Gasteiger partial charge in [0.1, 0.15) is 5.60 Å². The molecule has 5 N–H and O–H groups in total. The van der Waals surface area contributed by atoms with Crippen LogP contribution in [0.1, 0.15) is 146 Å². The summed E-state index contributed by atoms with van der Waals surface area (Å²) in [6.45, 7) is 5.60. The van der Waals surface area contributed by atoms with Crippen molar-refractivity contribution in [2.24, 2.45) is 17.6 Å². The maximum absolute atomic E-state index is 13.2. The third-order valence-electron chi connectivity index (χ3n) is 13.1. The second-order valence-electron chi connectivity index (χ2n) is 19.7. The molecule has 2 saturated carbocycles. The molecule has 0 aliphatic heterocycles. The van der Waals surface area contributed by atoms with Crippen LogP contribution >= 0.6 is 0 Å². The number of benzene rings is 4. The van der Waals surface area contributed by atoms with E-state index in [-0.39, 0.29) is 53.9 Å². The number of hydrogen-bond acceptors (Lipinski definition) is 5. The highest BCUT2D eigenvalue weighted by Gasteiger charge is 2.30. The fourth-order valence-electron chi connectivity index (χ4n) is 9.36. The topological polar surface area (TPSA) is 123 Å². The molecule has 0 radical (unpaired) electrons. The lowest BCUT2D eigenvalue weighted by molar-refractivity contribution is -0.127. The predicted octanol–water partition coefficient (Wildman–Crippen LogP) is 11.6. The Bertz CT molecular complexity index is 1810.